The average molecular weight is 388 g/mol. The van der Waals surface area contributed by atoms with Crippen molar-refractivity contribution in [1.29, 1.82) is 0 Å². The fourth-order valence-electron chi connectivity index (χ4n) is 4.18. The maximum absolute atomic E-state index is 6.10. The molecule has 3 aromatic carbocycles. The third kappa shape index (κ3) is 2.92. The third-order valence-corrected chi connectivity index (χ3v) is 5.92. The lowest BCUT2D eigenvalue weighted by molar-refractivity contribution is 0.404. The van der Waals surface area contributed by atoms with Crippen LogP contribution in [0.3, 0.4) is 0 Å². The van der Waals surface area contributed by atoms with Crippen molar-refractivity contribution in [3.8, 4) is 0 Å². The van der Waals surface area contributed by atoms with Gasteiger partial charge in [0.15, 0.2) is 0 Å². The van der Waals surface area contributed by atoms with E-state index in [1.165, 1.54) is 16.8 Å². The van der Waals surface area contributed by atoms with Crippen LogP contribution < -0.4 is 4.90 Å². The lowest BCUT2D eigenvalue weighted by Crippen LogP contribution is -2.10. The van der Waals surface area contributed by atoms with E-state index in [4.69, 9.17) is 16.6 Å². The number of fused-ring (bicyclic) bond motifs is 1. The SMILES string of the molecule is CN(C)c1ccc([C@H]2N=C(c3ccc(Cl)cc3)[C@@H]3[C@@H](c4ccccc4)N23)cc1. The summed E-state index contributed by atoms with van der Waals surface area (Å²) in [5.74, 6) is 0. The molecule has 2 aliphatic heterocycles. The minimum absolute atomic E-state index is 0.0529. The van der Waals surface area contributed by atoms with Gasteiger partial charge in [0.1, 0.15) is 6.17 Å². The summed E-state index contributed by atoms with van der Waals surface area (Å²) >= 11 is 6.10. The summed E-state index contributed by atoms with van der Waals surface area (Å²) in [6.45, 7) is 0. The second-order valence-corrected chi connectivity index (χ2v) is 8.06. The second-order valence-electron chi connectivity index (χ2n) is 7.63. The standard InChI is InChI=1S/C24H22ClN3/c1-27(2)20-14-10-18(11-15-20)24-26-21(16-8-12-19(25)13-9-16)23-22(28(23)24)17-6-4-3-5-7-17/h3-15,22-24H,1-2H3/t22-,23-,24+,28?/m1/s1. The lowest BCUT2D eigenvalue weighted by atomic mass is 10.0. The van der Waals surface area contributed by atoms with Crippen molar-refractivity contribution >= 4 is 23.0 Å². The molecule has 140 valence electrons. The van der Waals surface area contributed by atoms with E-state index in [9.17, 15) is 0 Å². The molecular weight excluding hydrogens is 366 g/mol. The Balaban J connectivity index is 1.53. The smallest absolute Gasteiger partial charge is 0.129 e. The molecule has 2 heterocycles. The van der Waals surface area contributed by atoms with E-state index in [-0.39, 0.29) is 6.17 Å². The fourth-order valence-corrected chi connectivity index (χ4v) is 4.31. The predicted octanol–water partition coefficient (Wildman–Crippen LogP) is 5.33. The first-order chi connectivity index (χ1) is 13.6. The zero-order chi connectivity index (χ0) is 19.3. The average Bonchev–Trinajstić information content (AvgIpc) is 3.34. The van der Waals surface area contributed by atoms with E-state index >= 15 is 0 Å². The van der Waals surface area contributed by atoms with Gasteiger partial charge in [-0.3, -0.25) is 9.89 Å². The molecule has 0 radical (unpaired) electrons. The van der Waals surface area contributed by atoms with Crippen LogP contribution in [0.4, 0.5) is 5.69 Å². The van der Waals surface area contributed by atoms with Gasteiger partial charge in [-0.1, -0.05) is 66.2 Å². The molecule has 1 saturated heterocycles. The van der Waals surface area contributed by atoms with Crippen molar-refractivity contribution in [3.63, 3.8) is 0 Å². The van der Waals surface area contributed by atoms with Crippen molar-refractivity contribution in [2.24, 2.45) is 4.99 Å². The van der Waals surface area contributed by atoms with Crippen LogP contribution in [0.1, 0.15) is 28.9 Å². The highest BCUT2D eigenvalue weighted by Gasteiger charge is 2.59. The molecule has 0 saturated carbocycles. The molecule has 1 unspecified atom stereocenters. The molecule has 0 spiro atoms. The minimum atomic E-state index is 0.0529. The van der Waals surface area contributed by atoms with E-state index in [2.05, 4.69) is 90.6 Å². The van der Waals surface area contributed by atoms with Gasteiger partial charge in [0, 0.05) is 24.8 Å². The summed E-state index contributed by atoms with van der Waals surface area (Å²) in [6, 6.07) is 28.2. The molecule has 4 atom stereocenters. The summed E-state index contributed by atoms with van der Waals surface area (Å²) in [4.78, 5) is 9.75. The van der Waals surface area contributed by atoms with Gasteiger partial charge in [0.05, 0.1) is 17.8 Å². The second kappa shape index (κ2) is 6.77. The maximum atomic E-state index is 6.10. The Morgan fingerprint density at radius 3 is 2.11 bits per heavy atom. The van der Waals surface area contributed by atoms with Crippen LogP contribution >= 0.6 is 11.6 Å². The first kappa shape index (κ1) is 17.5. The molecule has 0 bridgehead atoms. The first-order valence-electron chi connectivity index (χ1n) is 9.57. The Hall–Kier alpha value is -2.62. The number of hydrogen-bond acceptors (Lipinski definition) is 3. The quantitative estimate of drug-likeness (QED) is 0.563. The van der Waals surface area contributed by atoms with Gasteiger partial charge < -0.3 is 4.90 Å². The van der Waals surface area contributed by atoms with Crippen molar-refractivity contribution in [1.82, 2.24) is 4.90 Å². The van der Waals surface area contributed by atoms with E-state index in [0.717, 1.165) is 16.3 Å². The number of aliphatic imine (C=N–C) groups is 1. The maximum Gasteiger partial charge on any atom is 0.129 e. The van der Waals surface area contributed by atoms with Gasteiger partial charge >= 0.3 is 0 Å². The van der Waals surface area contributed by atoms with E-state index < -0.39 is 0 Å². The van der Waals surface area contributed by atoms with E-state index in [1.807, 2.05) is 12.1 Å². The van der Waals surface area contributed by atoms with Crippen LogP contribution in [0.2, 0.25) is 5.02 Å². The number of anilines is 1. The number of hydrogen-bond donors (Lipinski definition) is 0. The number of nitrogens with zero attached hydrogens (tertiary/aromatic N) is 3. The van der Waals surface area contributed by atoms with Gasteiger partial charge in [0.2, 0.25) is 0 Å². The summed E-state index contributed by atoms with van der Waals surface area (Å²) in [7, 11) is 4.13. The van der Waals surface area contributed by atoms with Crippen LogP contribution in [-0.2, 0) is 0 Å². The van der Waals surface area contributed by atoms with Gasteiger partial charge in [-0.25, -0.2) is 0 Å². The van der Waals surface area contributed by atoms with Gasteiger partial charge in [0.25, 0.3) is 0 Å². The fraction of sp³-hybridized carbons (Fsp3) is 0.208. The Labute approximate surface area is 170 Å². The molecule has 3 nitrogen and oxygen atoms in total. The summed E-state index contributed by atoms with van der Waals surface area (Å²) in [5.41, 5.74) is 6.10. The van der Waals surface area contributed by atoms with Crippen molar-refractivity contribution < 1.29 is 0 Å². The Morgan fingerprint density at radius 1 is 0.786 bits per heavy atom. The predicted molar refractivity (Wildman–Crippen MR) is 116 cm³/mol. The highest BCUT2D eigenvalue weighted by atomic mass is 35.5. The van der Waals surface area contributed by atoms with Gasteiger partial charge in [-0.15, -0.1) is 0 Å². The topological polar surface area (TPSA) is 18.6 Å². The molecular formula is C24H22ClN3. The van der Waals surface area contributed by atoms with Crippen LogP contribution in [0.15, 0.2) is 83.9 Å². The largest absolute Gasteiger partial charge is 0.378 e. The third-order valence-electron chi connectivity index (χ3n) is 5.66. The van der Waals surface area contributed by atoms with Crippen molar-refractivity contribution in [2.75, 3.05) is 19.0 Å². The zero-order valence-corrected chi connectivity index (χ0v) is 16.7. The van der Waals surface area contributed by atoms with Gasteiger partial charge in [-0.2, -0.15) is 0 Å². The molecule has 2 aliphatic rings. The summed E-state index contributed by atoms with van der Waals surface area (Å²) < 4.78 is 0. The molecule has 4 heteroatoms. The molecule has 0 aromatic heterocycles. The Morgan fingerprint density at radius 2 is 1.46 bits per heavy atom. The van der Waals surface area contributed by atoms with Crippen molar-refractivity contribution in [2.45, 2.75) is 18.2 Å². The highest BCUT2D eigenvalue weighted by molar-refractivity contribution is 6.30. The molecule has 3 aromatic rings. The molecule has 0 aliphatic carbocycles. The molecule has 0 N–H and O–H groups in total. The van der Waals surface area contributed by atoms with E-state index in [0.29, 0.717) is 12.1 Å². The van der Waals surface area contributed by atoms with Crippen LogP contribution in [-0.4, -0.2) is 30.7 Å². The monoisotopic (exact) mass is 387 g/mol. The lowest BCUT2D eigenvalue weighted by Gasteiger charge is -2.17. The Bertz CT molecular complexity index is 1010. The summed E-state index contributed by atoms with van der Waals surface area (Å²) in [5, 5.41) is 0.755. The van der Waals surface area contributed by atoms with Crippen molar-refractivity contribution in [3.05, 3.63) is 101 Å². The Kier molecular flexibility index (Phi) is 4.22. The van der Waals surface area contributed by atoms with Crippen LogP contribution in [0, 0.1) is 0 Å². The first-order valence-corrected chi connectivity index (χ1v) is 9.94. The van der Waals surface area contributed by atoms with E-state index in [1.54, 1.807) is 0 Å². The summed E-state index contributed by atoms with van der Waals surface area (Å²) in [6.07, 6.45) is 0.0529. The molecule has 1 fully saturated rings. The minimum Gasteiger partial charge on any atom is -0.378 e. The normalized spacial score (nSPS) is 25.2. The molecule has 0 amide bonds. The highest BCUT2D eigenvalue weighted by Crippen LogP contribution is 2.55. The zero-order valence-electron chi connectivity index (χ0n) is 16.0. The molecule has 5 rings (SSSR count). The van der Waals surface area contributed by atoms with Crippen LogP contribution in [0.5, 0.6) is 0 Å². The number of halogens is 1. The number of benzene rings is 3. The van der Waals surface area contributed by atoms with Gasteiger partial charge in [-0.05, 0) is 41.0 Å². The molecule has 28 heavy (non-hydrogen) atoms. The van der Waals surface area contributed by atoms with Crippen LogP contribution in [0.25, 0.3) is 0 Å². The number of rotatable bonds is 4.